The molecule has 13 nitrogen and oxygen atoms in total. The third-order valence-electron chi connectivity index (χ3n) is 13.6. The summed E-state index contributed by atoms with van der Waals surface area (Å²) in [6, 6.07) is 0. The van der Waals surface area contributed by atoms with E-state index in [0.29, 0.717) is 44.9 Å². The van der Waals surface area contributed by atoms with Gasteiger partial charge in [-0.15, -0.1) is 0 Å². The first-order valence-corrected chi connectivity index (χ1v) is 17.3. The minimum atomic E-state index is -1.50. The van der Waals surface area contributed by atoms with Gasteiger partial charge < -0.3 is 59.1 Å². The maximum atomic E-state index is 13.1. The van der Waals surface area contributed by atoms with Crippen LogP contribution in [-0.4, -0.2) is 123 Å². The molecule has 6 fully saturated rings. The summed E-state index contributed by atoms with van der Waals surface area (Å²) < 4.78 is 28.7. The van der Waals surface area contributed by atoms with Crippen molar-refractivity contribution in [1.82, 2.24) is 0 Å². The Labute approximate surface area is 274 Å². The van der Waals surface area contributed by atoms with Crippen molar-refractivity contribution in [1.29, 1.82) is 0 Å². The number of carbonyl (C=O) groups is 2. The largest absolute Gasteiger partial charge is 0.458 e. The van der Waals surface area contributed by atoms with E-state index in [-0.39, 0.29) is 49.8 Å². The zero-order chi connectivity index (χ0) is 33.5. The van der Waals surface area contributed by atoms with E-state index in [1.165, 1.54) is 0 Å². The highest BCUT2D eigenvalue weighted by Gasteiger charge is 2.71. The van der Waals surface area contributed by atoms with E-state index >= 15 is 0 Å². The van der Waals surface area contributed by atoms with Crippen molar-refractivity contribution >= 4 is 12.3 Å². The van der Waals surface area contributed by atoms with Gasteiger partial charge in [0.1, 0.15) is 37.3 Å². The second-order valence-electron chi connectivity index (χ2n) is 15.7. The molecule has 4 saturated carbocycles. The molecular weight excluding hydrogens is 616 g/mol. The van der Waals surface area contributed by atoms with Gasteiger partial charge in [-0.3, -0.25) is 0 Å². The van der Waals surface area contributed by atoms with Crippen LogP contribution in [-0.2, 0) is 33.3 Å². The van der Waals surface area contributed by atoms with E-state index in [1.807, 2.05) is 0 Å². The Balaban J connectivity index is 1.01. The van der Waals surface area contributed by atoms with Crippen LogP contribution in [0.15, 0.2) is 11.6 Å². The van der Waals surface area contributed by atoms with Crippen LogP contribution >= 0.6 is 0 Å². The van der Waals surface area contributed by atoms with E-state index in [4.69, 9.17) is 23.7 Å². The Bertz CT molecular complexity index is 1250. The molecular formula is C34H50O13. The van der Waals surface area contributed by atoms with E-state index in [0.717, 1.165) is 18.3 Å². The third-order valence-corrected chi connectivity index (χ3v) is 13.6. The number of aliphatic hydroxyl groups excluding tert-OH is 4. The van der Waals surface area contributed by atoms with Gasteiger partial charge in [0, 0.05) is 24.3 Å². The van der Waals surface area contributed by atoms with Crippen LogP contribution < -0.4 is 0 Å². The molecule has 0 bridgehead atoms. The number of carbonyl (C=O) groups excluding carboxylic acids is 2. The monoisotopic (exact) mass is 666 g/mol. The molecule has 4 aliphatic carbocycles. The van der Waals surface area contributed by atoms with Gasteiger partial charge in [-0.2, -0.15) is 0 Å². The van der Waals surface area contributed by atoms with Crippen LogP contribution in [0.4, 0.5) is 0 Å². The van der Waals surface area contributed by atoms with Crippen LogP contribution in [0.2, 0.25) is 0 Å². The molecule has 47 heavy (non-hydrogen) atoms. The lowest BCUT2D eigenvalue weighted by Gasteiger charge is -2.65. The summed E-state index contributed by atoms with van der Waals surface area (Å²) in [5, 5.41) is 65.7. The van der Waals surface area contributed by atoms with Crippen molar-refractivity contribution in [2.45, 2.75) is 145 Å². The van der Waals surface area contributed by atoms with Gasteiger partial charge in [0.15, 0.2) is 12.6 Å². The predicted octanol–water partition coefficient (Wildman–Crippen LogP) is 0.243. The van der Waals surface area contributed by atoms with E-state index in [9.17, 15) is 40.2 Å². The highest BCUT2D eigenvalue weighted by Crippen LogP contribution is 2.70. The number of fused-ring (bicyclic) bond motifs is 5. The Morgan fingerprint density at radius 2 is 1.70 bits per heavy atom. The Hall–Kier alpha value is -1.52. The normalized spacial score (nSPS) is 54.6. The second-order valence-corrected chi connectivity index (χ2v) is 15.7. The first-order valence-electron chi connectivity index (χ1n) is 17.3. The first-order chi connectivity index (χ1) is 22.2. The molecule has 13 heteroatoms. The number of aliphatic hydroxyl groups is 6. The number of esters is 1. The summed E-state index contributed by atoms with van der Waals surface area (Å²) in [4.78, 5) is 25.0. The SMILES string of the molecule is C[C@@H]1O[C@H](O[C@@H]2CC[C@]3(C=O)[C@@H]4CC[C@]5(C)[C@H](C6=CC(=O)OC6)CC[C@]5(O)[C@@H]4CC[C@]3(O)C2)C[C@H](O)[C@@H]1O[C@@H]1OC[C@H](O)[C@@H](O)[C@@H]1O. The summed E-state index contributed by atoms with van der Waals surface area (Å²) in [6.07, 6.45) is -1.89. The Morgan fingerprint density at radius 3 is 2.40 bits per heavy atom. The lowest BCUT2D eigenvalue weighted by molar-refractivity contribution is -0.331. The molecule has 16 atom stereocenters. The van der Waals surface area contributed by atoms with Crippen molar-refractivity contribution in [3.05, 3.63) is 11.6 Å². The number of hydrogen-bond donors (Lipinski definition) is 6. The van der Waals surface area contributed by atoms with Gasteiger partial charge in [0.2, 0.25) is 0 Å². The van der Waals surface area contributed by atoms with Gasteiger partial charge >= 0.3 is 5.97 Å². The summed E-state index contributed by atoms with van der Waals surface area (Å²) in [5.74, 6) is -0.635. The van der Waals surface area contributed by atoms with Crippen LogP contribution in [0.1, 0.15) is 78.1 Å². The number of rotatable bonds is 6. The van der Waals surface area contributed by atoms with E-state index < -0.39 is 77.3 Å². The molecule has 2 saturated heterocycles. The van der Waals surface area contributed by atoms with Crippen molar-refractivity contribution in [2.24, 2.45) is 28.6 Å². The summed E-state index contributed by atoms with van der Waals surface area (Å²) >= 11 is 0. The summed E-state index contributed by atoms with van der Waals surface area (Å²) in [7, 11) is 0. The van der Waals surface area contributed by atoms with Crippen LogP contribution in [0.25, 0.3) is 0 Å². The van der Waals surface area contributed by atoms with Crippen molar-refractivity contribution in [3.8, 4) is 0 Å². The minimum Gasteiger partial charge on any atom is -0.458 e. The maximum absolute atomic E-state index is 13.1. The lowest BCUT2D eigenvalue weighted by atomic mass is 9.41. The fourth-order valence-electron chi connectivity index (χ4n) is 11.0. The van der Waals surface area contributed by atoms with Crippen LogP contribution in [0.3, 0.4) is 0 Å². The minimum absolute atomic E-state index is 0.0370. The van der Waals surface area contributed by atoms with Crippen molar-refractivity contribution < 1.29 is 63.9 Å². The van der Waals surface area contributed by atoms with Gasteiger partial charge in [-0.25, -0.2) is 4.79 Å². The summed E-state index contributed by atoms with van der Waals surface area (Å²) in [6.45, 7) is 3.86. The van der Waals surface area contributed by atoms with E-state index in [1.54, 1.807) is 13.0 Å². The first kappa shape index (κ1) is 34.0. The average molecular weight is 667 g/mol. The smallest absolute Gasteiger partial charge is 0.331 e. The van der Waals surface area contributed by atoms with Gasteiger partial charge in [0.25, 0.3) is 0 Å². The number of ether oxygens (including phenoxy) is 5. The molecule has 6 N–H and O–H groups in total. The highest BCUT2D eigenvalue weighted by atomic mass is 16.7. The fraction of sp³-hybridized carbons (Fsp3) is 0.882. The van der Waals surface area contributed by atoms with Gasteiger partial charge in [-0.1, -0.05) is 6.92 Å². The molecule has 0 unspecified atom stereocenters. The maximum Gasteiger partial charge on any atom is 0.331 e. The third kappa shape index (κ3) is 5.18. The summed E-state index contributed by atoms with van der Waals surface area (Å²) in [5.41, 5.74) is -2.86. The topological polar surface area (TPSA) is 202 Å². The molecule has 7 rings (SSSR count). The quantitative estimate of drug-likeness (QED) is 0.128. The molecule has 3 aliphatic heterocycles. The molecule has 0 radical (unpaired) electrons. The molecule has 0 spiro atoms. The van der Waals surface area contributed by atoms with Crippen LogP contribution in [0, 0.1) is 28.6 Å². The van der Waals surface area contributed by atoms with Gasteiger partial charge in [-0.05, 0) is 81.6 Å². The second kappa shape index (κ2) is 12.1. The zero-order valence-corrected chi connectivity index (χ0v) is 27.1. The lowest BCUT2D eigenvalue weighted by Crippen LogP contribution is -2.69. The van der Waals surface area contributed by atoms with Gasteiger partial charge in [0.05, 0.1) is 41.5 Å². The molecule has 0 aromatic rings. The number of hydrogen-bond acceptors (Lipinski definition) is 13. The molecule has 0 aromatic carbocycles. The zero-order valence-electron chi connectivity index (χ0n) is 27.1. The number of cyclic esters (lactones) is 1. The number of aldehydes is 1. The molecule has 0 amide bonds. The fourth-order valence-corrected chi connectivity index (χ4v) is 11.0. The van der Waals surface area contributed by atoms with E-state index in [2.05, 4.69) is 6.92 Å². The van der Waals surface area contributed by atoms with Crippen molar-refractivity contribution in [2.75, 3.05) is 13.2 Å². The molecule has 0 aromatic heterocycles. The predicted molar refractivity (Wildman–Crippen MR) is 160 cm³/mol. The standard InChI is InChI=1S/C34H50O13/c1-17-29(47-30-28(40)27(39)24(37)15-44-30)23(36)12-26(45-17)46-19-3-8-32(16-35)21-4-7-31(2)20(18-11-25(38)43-14-18)6-10-34(31,42)22(21)5-9-33(32,41)13-19/h11,16-17,19-24,26-30,36-37,39-42H,3-10,12-15H2,1-2H3/t17-,19+,20-,21+,22+,23-,24-,26+,27+,28-,29+,30-,31+,32-,33-,34-/m0/s1. The average Bonchev–Trinajstić information content (AvgIpc) is 3.57. The molecule has 7 aliphatic rings. The van der Waals surface area contributed by atoms with Crippen molar-refractivity contribution in [3.63, 3.8) is 0 Å². The Kier molecular flexibility index (Phi) is 8.72. The molecule has 3 heterocycles. The Morgan fingerprint density at radius 1 is 0.936 bits per heavy atom. The molecule has 264 valence electrons. The highest BCUT2D eigenvalue weighted by molar-refractivity contribution is 5.85. The van der Waals surface area contributed by atoms with Crippen LogP contribution in [0.5, 0.6) is 0 Å².